The van der Waals surface area contributed by atoms with Crippen molar-refractivity contribution >= 4 is 35.0 Å². The van der Waals surface area contributed by atoms with Crippen molar-refractivity contribution in [1.29, 1.82) is 0 Å². The fourth-order valence-electron chi connectivity index (χ4n) is 3.25. The summed E-state index contributed by atoms with van der Waals surface area (Å²) in [5, 5.41) is 3.85. The highest BCUT2D eigenvalue weighted by molar-refractivity contribution is 6.36. The van der Waals surface area contributed by atoms with Crippen molar-refractivity contribution in [3.8, 4) is 5.75 Å². The molecule has 0 unspecified atom stereocenters. The third kappa shape index (κ3) is 7.15. The number of amides is 2. The number of methoxy groups -OCH3 is 1. The first-order valence-electron chi connectivity index (χ1n) is 10.2. The summed E-state index contributed by atoms with van der Waals surface area (Å²) in [5.74, 6) is 0.311. The van der Waals surface area contributed by atoms with Crippen molar-refractivity contribution in [3.05, 3.63) is 63.6 Å². The van der Waals surface area contributed by atoms with E-state index in [-0.39, 0.29) is 24.8 Å². The summed E-state index contributed by atoms with van der Waals surface area (Å²) >= 11 is 12.6. The Hall–Kier alpha value is -2.24. The molecule has 31 heavy (non-hydrogen) atoms. The predicted molar refractivity (Wildman–Crippen MR) is 126 cm³/mol. The van der Waals surface area contributed by atoms with Gasteiger partial charge in [-0.3, -0.25) is 9.59 Å². The van der Waals surface area contributed by atoms with Gasteiger partial charge in [0, 0.05) is 22.1 Å². The summed E-state index contributed by atoms with van der Waals surface area (Å²) < 4.78 is 5.21. The second-order valence-electron chi connectivity index (χ2n) is 8.41. The van der Waals surface area contributed by atoms with E-state index < -0.39 is 11.6 Å². The smallest absolute Gasteiger partial charge is 0.243 e. The Bertz CT molecular complexity index is 888. The molecule has 5 nitrogen and oxygen atoms in total. The lowest BCUT2D eigenvalue weighted by Gasteiger charge is -2.33. The van der Waals surface area contributed by atoms with Gasteiger partial charge in [-0.2, -0.15) is 0 Å². The van der Waals surface area contributed by atoms with Crippen LogP contribution in [-0.2, 0) is 22.6 Å². The van der Waals surface area contributed by atoms with Crippen LogP contribution in [0.15, 0.2) is 42.5 Å². The summed E-state index contributed by atoms with van der Waals surface area (Å²) in [4.78, 5) is 28.1. The van der Waals surface area contributed by atoms with Crippen molar-refractivity contribution in [2.45, 2.75) is 58.7 Å². The second-order valence-corrected chi connectivity index (χ2v) is 9.22. The number of benzene rings is 2. The molecule has 0 fully saturated rings. The van der Waals surface area contributed by atoms with Crippen LogP contribution in [0.1, 0.15) is 45.2 Å². The topological polar surface area (TPSA) is 58.6 Å². The summed E-state index contributed by atoms with van der Waals surface area (Å²) in [5.41, 5.74) is 1.04. The van der Waals surface area contributed by atoms with Gasteiger partial charge in [0.2, 0.25) is 11.8 Å². The molecule has 0 saturated carbocycles. The van der Waals surface area contributed by atoms with Gasteiger partial charge in [-0.1, -0.05) is 48.3 Å². The molecule has 0 aliphatic rings. The fraction of sp³-hybridized carbons (Fsp3) is 0.417. The molecule has 0 aliphatic carbocycles. The molecule has 2 amide bonds. The van der Waals surface area contributed by atoms with Gasteiger partial charge < -0.3 is 15.0 Å². The van der Waals surface area contributed by atoms with Gasteiger partial charge in [0.25, 0.3) is 0 Å². The van der Waals surface area contributed by atoms with E-state index in [0.717, 1.165) is 11.3 Å². The molecule has 0 radical (unpaired) electrons. The molecule has 2 aromatic rings. The number of halogens is 2. The van der Waals surface area contributed by atoms with Crippen LogP contribution < -0.4 is 10.1 Å². The summed E-state index contributed by atoms with van der Waals surface area (Å²) in [7, 11) is 1.60. The molecular formula is C24H30Cl2N2O3. The Labute approximate surface area is 194 Å². The SMILES string of the molecule is CC[C@H](C(=O)NC(C)(C)C)N(Cc1ccc(OC)cc1)C(=O)Cc1c(Cl)cccc1Cl. The van der Waals surface area contributed by atoms with Crippen LogP contribution >= 0.6 is 23.2 Å². The van der Waals surface area contributed by atoms with Crippen molar-refractivity contribution in [2.75, 3.05) is 7.11 Å². The minimum Gasteiger partial charge on any atom is -0.497 e. The number of nitrogens with one attached hydrogen (secondary N) is 1. The maximum atomic E-state index is 13.4. The first kappa shape index (κ1) is 25.0. The zero-order chi connectivity index (χ0) is 23.2. The number of hydrogen-bond acceptors (Lipinski definition) is 3. The molecular weight excluding hydrogens is 435 g/mol. The molecule has 7 heteroatoms. The number of nitrogens with zero attached hydrogens (tertiary/aromatic N) is 1. The van der Waals surface area contributed by atoms with Crippen molar-refractivity contribution in [3.63, 3.8) is 0 Å². The van der Waals surface area contributed by atoms with E-state index in [2.05, 4.69) is 5.32 Å². The summed E-state index contributed by atoms with van der Waals surface area (Å²) in [6.45, 7) is 7.91. The molecule has 2 aromatic carbocycles. The summed E-state index contributed by atoms with van der Waals surface area (Å²) in [6, 6.07) is 11.9. The Morgan fingerprint density at radius 1 is 1.06 bits per heavy atom. The minimum atomic E-state index is -0.630. The van der Waals surface area contributed by atoms with Gasteiger partial charge >= 0.3 is 0 Å². The van der Waals surface area contributed by atoms with Gasteiger partial charge in [0.15, 0.2) is 0 Å². The molecule has 0 heterocycles. The maximum absolute atomic E-state index is 13.4. The van der Waals surface area contributed by atoms with E-state index in [1.165, 1.54) is 0 Å². The van der Waals surface area contributed by atoms with Crippen molar-refractivity contribution in [1.82, 2.24) is 10.2 Å². The monoisotopic (exact) mass is 464 g/mol. The van der Waals surface area contributed by atoms with Gasteiger partial charge in [-0.25, -0.2) is 0 Å². The Morgan fingerprint density at radius 3 is 2.13 bits per heavy atom. The van der Waals surface area contributed by atoms with Crippen LogP contribution in [0.3, 0.4) is 0 Å². The average Bonchev–Trinajstić information content (AvgIpc) is 2.69. The number of hydrogen-bond donors (Lipinski definition) is 1. The lowest BCUT2D eigenvalue weighted by atomic mass is 10.0. The van der Waals surface area contributed by atoms with E-state index >= 15 is 0 Å². The first-order valence-corrected chi connectivity index (χ1v) is 11.0. The van der Waals surface area contributed by atoms with E-state index in [4.69, 9.17) is 27.9 Å². The van der Waals surface area contributed by atoms with Crippen molar-refractivity contribution < 1.29 is 14.3 Å². The van der Waals surface area contributed by atoms with Crippen LogP contribution in [0.4, 0.5) is 0 Å². The minimum absolute atomic E-state index is 0.00790. The highest BCUT2D eigenvalue weighted by Crippen LogP contribution is 2.26. The standard InChI is InChI=1S/C24H30Cl2N2O3/c1-6-21(23(30)27-24(2,3)4)28(15-16-10-12-17(31-5)13-11-16)22(29)14-18-19(25)8-7-9-20(18)26/h7-13,21H,6,14-15H2,1-5H3,(H,27,30)/t21-/m1/s1. The lowest BCUT2D eigenvalue weighted by Crippen LogP contribution is -2.53. The predicted octanol–water partition coefficient (Wildman–Crippen LogP) is 5.27. The third-order valence-electron chi connectivity index (χ3n) is 4.79. The van der Waals surface area contributed by atoms with Crippen LogP contribution in [0.25, 0.3) is 0 Å². The highest BCUT2D eigenvalue weighted by Gasteiger charge is 2.31. The van der Waals surface area contributed by atoms with Crippen LogP contribution in [0.2, 0.25) is 10.0 Å². The molecule has 168 valence electrons. The van der Waals surface area contributed by atoms with Crippen LogP contribution in [0, 0.1) is 0 Å². The van der Waals surface area contributed by atoms with Crippen molar-refractivity contribution in [2.24, 2.45) is 0 Å². The van der Waals surface area contributed by atoms with Gasteiger partial charge in [-0.15, -0.1) is 0 Å². The molecule has 0 spiro atoms. The number of carbonyl (C=O) groups excluding carboxylic acids is 2. The Morgan fingerprint density at radius 2 is 1.65 bits per heavy atom. The lowest BCUT2D eigenvalue weighted by molar-refractivity contribution is -0.141. The van der Waals surface area contributed by atoms with E-state index in [0.29, 0.717) is 22.0 Å². The molecule has 1 N–H and O–H groups in total. The summed E-state index contributed by atoms with van der Waals surface area (Å²) in [6.07, 6.45) is 0.480. The Balaban J connectivity index is 2.37. The molecule has 0 aromatic heterocycles. The van der Waals surface area contributed by atoms with E-state index in [9.17, 15) is 9.59 Å². The third-order valence-corrected chi connectivity index (χ3v) is 5.49. The number of carbonyl (C=O) groups is 2. The van der Waals surface area contributed by atoms with Gasteiger partial charge in [0.05, 0.1) is 13.5 Å². The molecule has 1 atom stereocenters. The average molecular weight is 465 g/mol. The molecule has 0 bridgehead atoms. The normalized spacial score (nSPS) is 12.2. The zero-order valence-electron chi connectivity index (χ0n) is 18.7. The largest absolute Gasteiger partial charge is 0.497 e. The van der Waals surface area contributed by atoms with Gasteiger partial charge in [-0.05, 0) is 62.6 Å². The number of rotatable bonds is 8. The van der Waals surface area contributed by atoms with E-state index in [1.807, 2.05) is 52.0 Å². The zero-order valence-corrected chi connectivity index (χ0v) is 20.2. The Kier molecular flexibility index (Phi) is 8.78. The van der Waals surface area contributed by atoms with Crippen LogP contribution in [0.5, 0.6) is 5.75 Å². The van der Waals surface area contributed by atoms with Gasteiger partial charge in [0.1, 0.15) is 11.8 Å². The quantitative estimate of drug-likeness (QED) is 0.578. The first-order chi connectivity index (χ1) is 14.6. The molecule has 0 aliphatic heterocycles. The maximum Gasteiger partial charge on any atom is 0.243 e. The highest BCUT2D eigenvalue weighted by atomic mass is 35.5. The van der Waals surface area contributed by atoms with E-state index in [1.54, 1.807) is 30.2 Å². The fourth-order valence-corrected chi connectivity index (χ4v) is 3.79. The number of ether oxygens (including phenoxy) is 1. The second kappa shape index (κ2) is 10.9. The molecule has 0 saturated heterocycles. The van der Waals surface area contributed by atoms with Crippen LogP contribution in [-0.4, -0.2) is 35.4 Å². The molecule has 2 rings (SSSR count).